The van der Waals surface area contributed by atoms with Gasteiger partial charge >= 0.3 is 0 Å². The first-order valence-electron chi connectivity index (χ1n) is 8.31. The summed E-state index contributed by atoms with van der Waals surface area (Å²) in [5.41, 5.74) is 8.09. The van der Waals surface area contributed by atoms with E-state index < -0.39 is 0 Å². The fraction of sp³-hybridized carbons (Fsp3) is 0.263. The van der Waals surface area contributed by atoms with Crippen LogP contribution in [0.4, 0.5) is 5.69 Å². The first kappa shape index (κ1) is 18.5. The molecule has 0 unspecified atom stereocenters. The molecule has 2 aromatic carbocycles. The second kappa shape index (κ2) is 10.1. The van der Waals surface area contributed by atoms with E-state index >= 15 is 0 Å². The number of carbonyl (C=O) groups excluding carboxylic acids is 1. The molecule has 6 heteroatoms. The minimum Gasteiger partial charge on any atom is -0.409 e. The number of hydrogen-bond acceptors (Lipinski definition) is 4. The maximum atomic E-state index is 11.9. The number of rotatable bonds is 9. The topological polar surface area (TPSA) is 99.7 Å². The third kappa shape index (κ3) is 6.64. The maximum absolute atomic E-state index is 11.9. The van der Waals surface area contributed by atoms with Crippen molar-refractivity contribution in [1.82, 2.24) is 5.32 Å². The average molecular weight is 340 g/mol. The third-order valence-electron chi connectivity index (χ3n) is 3.76. The van der Waals surface area contributed by atoms with Gasteiger partial charge in [0.05, 0.1) is 0 Å². The quantitative estimate of drug-likeness (QED) is 0.185. The van der Waals surface area contributed by atoms with Gasteiger partial charge in [-0.1, -0.05) is 35.5 Å². The standard InChI is InChI=1S/C19H24N4O2/c20-19(23-25)16-8-10-17(11-9-16)22-18(24)7-4-13-21-14-12-15-5-2-1-3-6-15/h1-3,5-6,8-11,21,25H,4,7,12-14H2,(H2,20,23)(H,22,24). The van der Waals surface area contributed by atoms with Gasteiger partial charge in [0.25, 0.3) is 0 Å². The molecule has 0 atom stereocenters. The van der Waals surface area contributed by atoms with Gasteiger partial charge in [-0.15, -0.1) is 0 Å². The molecule has 2 aromatic rings. The van der Waals surface area contributed by atoms with Gasteiger partial charge in [-0.3, -0.25) is 4.79 Å². The van der Waals surface area contributed by atoms with Crippen LogP contribution in [0, 0.1) is 0 Å². The molecule has 0 spiro atoms. The van der Waals surface area contributed by atoms with Crippen LogP contribution in [0.1, 0.15) is 24.0 Å². The second-order valence-corrected chi connectivity index (χ2v) is 5.70. The summed E-state index contributed by atoms with van der Waals surface area (Å²) in [4.78, 5) is 11.9. The molecule has 1 amide bonds. The lowest BCUT2D eigenvalue weighted by atomic mass is 10.1. The largest absolute Gasteiger partial charge is 0.409 e. The van der Waals surface area contributed by atoms with Crippen molar-refractivity contribution in [2.24, 2.45) is 10.9 Å². The van der Waals surface area contributed by atoms with Gasteiger partial charge in [0.2, 0.25) is 5.91 Å². The molecule has 0 aromatic heterocycles. The van der Waals surface area contributed by atoms with Crippen molar-refractivity contribution in [2.45, 2.75) is 19.3 Å². The lowest BCUT2D eigenvalue weighted by molar-refractivity contribution is -0.116. The normalized spacial score (nSPS) is 11.3. The smallest absolute Gasteiger partial charge is 0.224 e. The summed E-state index contributed by atoms with van der Waals surface area (Å²) in [6.07, 6.45) is 2.23. The summed E-state index contributed by atoms with van der Waals surface area (Å²) >= 11 is 0. The first-order chi connectivity index (χ1) is 12.2. The summed E-state index contributed by atoms with van der Waals surface area (Å²) in [7, 11) is 0. The van der Waals surface area contributed by atoms with E-state index in [4.69, 9.17) is 10.9 Å². The lowest BCUT2D eigenvalue weighted by Crippen LogP contribution is -2.20. The van der Waals surface area contributed by atoms with Gasteiger partial charge in [0, 0.05) is 17.7 Å². The van der Waals surface area contributed by atoms with Crippen LogP contribution >= 0.6 is 0 Å². The van der Waals surface area contributed by atoms with E-state index in [1.165, 1.54) is 5.56 Å². The molecule has 0 radical (unpaired) electrons. The highest BCUT2D eigenvalue weighted by Gasteiger charge is 2.03. The predicted molar refractivity (Wildman–Crippen MR) is 99.8 cm³/mol. The Morgan fingerprint density at radius 3 is 2.44 bits per heavy atom. The highest BCUT2D eigenvalue weighted by molar-refractivity contribution is 5.98. The molecule has 5 N–H and O–H groups in total. The molecule has 0 aliphatic carbocycles. The number of nitrogens with two attached hydrogens (primary N) is 1. The number of hydrogen-bond donors (Lipinski definition) is 4. The van der Waals surface area contributed by atoms with Gasteiger partial charge in [0.1, 0.15) is 0 Å². The van der Waals surface area contributed by atoms with Gasteiger partial charge < -0.3 is 21.6 Å². The Labute approximate surface area is 147 Å². The fourth-order valence-electron chi connectivity index (χ4n) is 2.38. The van der Waals surface area contributed by atoms with Gasteiger partial charge in [0.15, 0.2) is 5.84 Å². The number of carbonyl (C=O) groups is 1. The molecule has 0 aliphatic heterocycles. The van der Waals surface area contributed by atoms with Crippen molar-refractivity contribution in [3.63, 3.8) is 0 Å². The van der Waals surface area contributed by atoms with Gasteiger partial charge in [-0.05, 0) is 55.8 Å². The molecule has 0 saturated carbocycles. The Hall–Kier alpha value is -2.86. The zero-order valence-electron chi connectivity index (χ0n) is 14.1. The highest BCUT2D eigenvalue weighted by atomic mass is 16.4. The Morgan fingerprint density at radius 2 is 1.76 bits per heavy atom. The van der Waals surface area contributed by atoms with Crippen LogP contribution in [-0.2, 0) is 11.2 Å². The first-order valence-corrected chi connectivity index (χ1v) is 8.31. The number of benzene rings is 2. The van der Waals surface area contributed by atoms with Crippen LogP contribution in [0.5, 0.6) is 0 Å². The molecule has 0 fully saturated rings. The molecule has 132 valence electrons. The van der Waals surface area contributed by atoms with Crippen LogP contribution in [0.15, 0.2) is 59.8 Å². The number of nitrogens with zero attached hydrogens (tertiary/aromatic N) is 1. The van der Waals surface area contributed by atoms with Crippen molar-refractivity contribution in [3.05, 3.63) is 65.7 Å². The Kier molecular flexibility index (Phi) is 7.46. The summed E-state index contributed by atoms with van der Waals surface area (Å²) in [5, 5.41) is 17.7. The van der Waals surface area contributed by atoms with E-state index in [-0.39, 0.29) is 11.7 Å². The van der Waals surface area contributed by atoms with Crippen LogP contribution in [0.25, 0.3) is 0 Å². The van der Waals surface area contributed by atoms with Crippen molar-refractivity contribution in [2.75, 3.05) is 18.4 Å². The van der Waals surface area contributed by atoms with Crippen LogP contribution < -0.4 is 16.4 Å². The van der Waals surface area contributed by atoms with Crippen molar-refractivity contribution >= 4 is 17.4 Å². The molecule has 0 heterocycles. The second-order valence-electron chi connectivity index (χ2n) is 5.70. The van der Waals surface area contributed by atoms with E-state index in [0.29, 0.717) is 17.7 Å². The monoisotopic (exact) mass is 340 g/mol. The minimum absolute atomic E-state index is 0.0265. The van der Waals surface area contributed by atoms with Crippen molar-refractivity contribution < 1.29 is 10.0 Å². The maximum Gasteiger partial charge on any atom is 0.224 e. The molecule has 0 bridgehead atoms. The molecular weight excluding hydrogens is 316 g/mol. The summed E-state index contributed by atoms with van der Waals surface area (Å²) in [6.45, 7) is 1.71. The SMILES string of the molecule is N/C(=N\O)c1ccc(NC(=O)CCCNCCc2ccccc2)cc1. The number of oxime groups is 1. The zero-order valence-corrected chi connectivity index (χ0v) is 14.1. The summed E-state index contributed by atoms with van der Waals surface area (Å²) in [6, 6.07) is 17.1. The molecule has 0 saturated heterocycles. The molecule has 0 aliphatic rings. The van der Waals surface area contributed by atoms with Gasteiger partial charge in [-0.25, -0.2) is 0 Å². The Morgan fingerprint density at radius 1 is 1.04 bits per heavy atom. The van der Waals surface area contributed by atoms with E-state index in [1.807, 2.05) is 18.2 Å². The van der Waals surface area contributed by atoms with Crippen molar-refractivity contribution in [3.8, 4) is 0 Å². The fourth-order valence-corrected chi connectivity index (χ4v) is 2.38. The third-order valence-corrected chi connectivity index (χ3v) is 3.76. The molecular formula is C19H24N4O2. The Bertz CT molecular complexity index is 684. The molecule has 2 rings (SSSR count). The highest BCUT2D eigenvalue weighted by Crippen LogP contribution is 2.10. The van der Waals surface area contributed by atoms with E-state index in [0.717, 1.165) is 25.9 Å². The number of amidine groups is 1. The van der Waals surface area contributed by atoms with E-state index in [1.54, 1.807) is 24.3 Å². The number of amides is 1. The number of nitrogens with one attached hydrogen (secondary N) is 2. The van der Waals surface area contributed by atoms with Crippen LogP contribution in [0.2, 0.25) is 0 Å². The molecule has 25 heavy (non-hydrogen) atoms. The summed E-state index contributed by atoms with van der Waals surface area (Å²) < 4.78 is 0. The summed E-state index contributed by atoms with van der Waals surface area (Å²) in [5.74, 6) is 0.0147. The lowest BCUT2D eigenvalue weighted by Gasteiger charge is -2.07. The number of anilines is 1. The zero-order chi connectivity index (χ0) is 17.9. The minimum atomic E-state index is -0.0265. The van der Waals surface area contributed by atoms with E-state index in [2.05, 4.69) is 27.9 Å². The van der Waals surface area contributed by atoms with Crippen LogP contribution in [-0.4, -0.2) is 30.0 Å². The van der Waals surface area contributed by atoms with Gasteiger partial charge in [-0.2, -0.15) is 0 Å². The van der Waals surface area contributed by atoms with Crippen LogP contribution in [0.3, 0.4) is 0 Å². The average Bonchev–Trinajstić information content (AvgIpc) is 2.65. The van der Waals surface area contributed by atoms with E-state index in [9.17, 15) is 4.79 Å². The molecule has 6 nitrogen and oxygen atoms in total. The Balaban J connectivity index is 1.61. The predicted octanol–water partition coefficient (Wildman–Crippen LogP) is 2.33. The van der Waals surface area contributed by atoms with Crippen molar-refractivity contribution in [1.29, 1.82) is 0 Å².